The second-order valence-corrected chi connectivity index (χ2v) is 4.54. The first-order valence-corrected chi connectivity index (χ1v) is 7.83. The van der Waals surface area contributed by atoms with Gasteiger partial charge in [0.15, 0.2) is 0 Å². The highest BCUT2D eigenvalue weighted by molar-refractivity contribution is 6.19. The van der Waals surface area contributed by atoms with E-state index in [4.69, 9.17) is 21.4 Å². The Morgan fingerprint density at radius 2 is 1.26 bits per heavy atom. The molecule has 2 rings (SSSR count). The summed E-state index contributed by atoms with van der Waals surface area (Å²) in [4.78, 5) is 0. The number of alkyl halides is 1. The van der Waals surface area contributed by atoms with Gasteiger partial charge in [0.1, 0.15) is 0 Å². The van der Waals surface area contributed by atoms with Crippen molar-refractivity contribution in [2.45, 2.75) is 0 Å². The highest BCUT2D eigenvalue weighted by Gasteiger charge is 1.80. The minimum atomic E-state index is 0.578. The predicted octanol–water partition coefficient (Wildman–Crippen LogP) is 4.89. The fourth-order valence-electron chi connectivity index (χ4n) is 1.59. The molecule has 0 atom stereocenters. The lowest BCUT2D eigenvalue weighted by atomic mass is 10.2. The fourth-order valence-corrected chi connectivity index (χ4v) is 1.68. The number of ether oxygens (including phenoxy) is 1. The van der Waals surface area contributed by atoms with Gasteiger partial charge in [0.25, 0.3) is 0 Å². The summed E-state index contributed by atoms with van der Waals surface area (Å²) in [6.45, 7) is 0.675. The summed E-state index contributed by atoms with van der Waals surface area (Å²) >= 11 is 5.46. The van der Waals surface area contributed by atoms with Crippen molar-refractivity contribution in [1.82, 2.24) is 0 Å². The first kappa shape index (κ1) is 21.1. The van der Waals surface area contributed by atoms with E-state index in [1.165, 1.54) is 11.1 Å². The van der Waals surface area contributed by atoms with Crippen LogP contribution in [0, 0.1) is 0 Å². The molecule has 2 aromatic carbocycles. The van der Waals surface area contributed by atoms with E-state index in [1.54, 1.807) is 7.11 Å². The number of allylic oxidation sites excluding steroid dienone is 1. The monoisotopic (exact) mass is 332 g/mol. The van der Waals surface area contributed by atoms with Crippen molar-refractivity contribution in [2.24, 2.45) is 0 Å². The van der Waals surface area contributed by atoms with E-state index in [0.29, 0.717) is 12.5 Å². The zero-order valence-corrected chi connectivity index (χ0v) is 14.5. The molecule has 0 spiro atoms. The molecule has 124 valence electrons. The average Bonchev–Trinajstić information content (AvgIpc) is 2.64. The molecular weight excluding hydrogens is 308 g/mol. The molecule has 0 amide bonds. The molecule has 0 saturated carbocycles. The van der Waals surface area contributed by atoms with Gasteiger partial charge in [-0.2, -0.15) is 0 Å². The Morgan fingerprint density at radius 3 is 1.65 bits per heavy atom. The highest BCUT2D eigenvalue weighted by Crippen LogP contribution is 2.01. The van der Waals surface area contributed by atoms with Gasteiger partial charge < -0.3 is 9.84 Å². The quantitative estimate of drug-likeness (QED) is 0.790. The summed E-state index contributed by atoms with van der Waals surface area (Å²) in [6.07, 6.45) is 7.97. The van der Waals surface area contributed by atoms with Crippen LogP contribution in [0.1, 0.15) is 11.1 Å². The van der Waals surface area contributed by atoms with E-state index in [1.807, 2.05) is 72.8 Å². The molecule has 0 radical (unpaired) electrons. The van der Waals surface area contributed by atoms with Gasteiger partial charge in [-0.05, 0) is 11.1 Å². The molecule has 0 heterocycles. The van der Waals surface area contributed by atoms with Crippen molar-refractivity contribution in [1.29, 1.82) is 0 Å². The zero-order valence-electron chi connectivity index (χ0n) is 13.7. The van der Waals surface area contributed by atoms with E-state index in [2.05, 4.69) is 12.1 Å². The Kier molecular flexibility index (Phi) is 15.2. The van der Waals surface area contributed by atoms with Crippen LogP contribution in [0.4, 0.5) is 0 Å². The molecule has 2 aromatic rings. The van der Waals surface area contributed by atoms with Crippen molar-refractivity contribution in [3.63, 3.8) is 0 Å². The molecule has 0 fully saturated rings. The molecule has 3 heteroatoms. The highest BCUT2D eigenvalue weighted by atomic mass is 35.5. The SMILES string of the molecule is CO.COC/C=C/c1ccccc1.ClC/C=C/c1ccccc1. The van der Waals surface area contributed by atoms with Crippen LogP contribution < -0.4 is 0 Å². The van der Waals surface area contributed by atoms with E-state index in [-0.39, 0.29) is 0 Å². The van der Waals surface area contributed by atoms with Gasteiger partial charge in [0.05, 0.1) is 6.61 Å². The summed E-state index contributed by atoms with van der Waals surface area (Å²) in [6, 6.07) is 20.3. The lowest BCUT2D eigenvalue weighted by molar-refractivity contribution is 0.234. The third-order valence-electron chi connectivity index (χ3n) is 2.57. The third kappa shape index (κ3) is 12.4. The Hall–Kier alpha value is -1.87. The van der Waals surface area contributed by atoms with Gasteiger partial charge in [-0.15, -0.1) is 11.6 Å². The number of halogens is 1. The van der Waals surface area contributed by atoms with E-state index < -0.39 is 0 Å². The van der Waals surface area contributed by atoms with Crippen molar-refractivity contribution in [3.8, 4) is 0 Å². The third-order valence-corrected chi connectivity index (χ3v) is 2.75. The van der Waals surface area contributed by atoms with Crippen LogP contribution in [0.2, 0.25) is 0 Å². The van der Waals surface area contributed by atoms with Crippen LogP contribution in [0.15, 0.2) is 72.8 Å². The topological polar surface area (TPSA) is 29.5 Å². The number of aliphatic hydroxyl groups excluding tert-OH is 1. The normalized spacial score (nSPS) is 9.91. The lowest BCUT2D eigenvalue weighted by Gasteiger charge is -1.90. The van der Waals surface area contributed by atoms with Crippen LogP contribution in [0.5, 0.6) is 0 Å². The molecule has 0 unspecified atom stereocenters. The van der Waals surface area contributed by atoms with E-state index in [9.17, 15) is 0 Å². The number of aliphatic hydroxyl groups is 1. The van der Waals surface area contributed by atoms with Crippen molar-refractivity contribution >= 4 is 23.8 Å². The second kappa shape index (κ2) is 16.5. The summed E-state index contributed by atoms with van der Waals surface area (Å²) < 4.78 is 4.88. The Balaban J connectivity index is 0.000000381. The number of hydrogen-bond donors (Lipinski definition) is 1. The molecule has 0 aliphatic carbocycles. The molecule has 0 bridgehead atoms. The lowest BCUT2D eigenvalue weighted by Crippen LogP contribution is -1.79. The molecule has 0 saturated heterocycles. The largest absolute Gasteiger partial charge is 0.400 e. The number of methoxy groups -OCH3 is 1. The predicted molar refractivity (Wildman–Crippen MR) is 102 cm³/mol. The standard InChI is InChI=1S/C10H12O.C9H9Cl.CH4O/c1-11-9-5-8-10-6-3-2-4-7-10;10-8-4-7-9-5-2-1-3-6-9;1-2/h2-8H,9H2,1H3;1-7H,8H2;2H,1H3/b8-5+;7-4+;. The molecule has 0 aliphatic heterocycles. The smallest absolute Gasteiger partial charge is 0.0646 e. The van der Waals surface area contributed by atoms with Crippen LogP contribution in [-0.4, -0.2) is 31.8 Å². The zero-order chi connectivity index (χ0) is 17.2. The van der Waals surface area contributed by atoms with Crippen molar-refractivity contribution < 1.29 is 9.84 Å². The maximum absolute atomic E-state index is 7.00. The molecule has 0 aliphatic rings. The Bertz CT molecular complexity index is 522. The molecule has 0 aromatic heterocycles. The summed E-state index contributed by atoms with van der Waals surface area (Å²) in [5.41, 5.74) is 2.41. The van der Waals surface area contributed by atoms with Crippen LogP contribution in [0.3, 0.4) is 0 Å². The number of benzene rings is 2. The minimum Gasteiger partial charge on any atom is -0.400 e. The van der Waals surface area contributed by atoms with Crippen LogP contribution in [0.25, 0.3) is 12.2 Å². The van der Waals surface area contributed by atoms with Gasteiger partial charge in [-0.25, -0.2) is 0 Å². The molecule has 2 nitrogen and oxygen atoms in total. The van der Waals surface area contributed by atoms with Gasteiger partial charge in [0.2, 0.25) is 0 Å². The maximum atomic E-state index is 7.00. The molecular formula is C20H25ClO2. The molecule has 23 heavy (non-hydrogen) atoms. The van der Waals surface area contributed by atoms with Crippen LogP contribution in [-0.2, 0) is 4.74 Å². The number of rotatable bonds is 5. The molecule has 1 N–H and O–H groups in total. The Labute approximate surface area is 144 Å². The maximum Gasteiger partial charge on any atom is 0.0646 e. The second-order valence-electron chi connectivity index (χ2n) is 4.24. The van der Waals surface area contributed by atoms with Crippen LogP contribution >= 0.6 is 11.6 Å². The number of hydrogen-bond acceptors (Lipinski definition) is 2. The Morgan fingerprint density at radius 1 is 0.826 bits per heavy atom. The summed E-state index contributed by atoms with van der Waals surface area (Å²) in [5, 5.41) is 7.00. The van der Waals surface area contributed by atoms with Gasteiger partial charge >= 0.3 is 0 Å². The van der Waals surface area contributed by atoms with Crippen molar-refractivity contribution in [2.75, 3.05) is 26.7 Å². The minimum absolute atomic E-state index is 0.578. The van der Waals surface area contributed by atoms with Crippen molar-refractivity contribution in [3.05, 3.63) is 83.9 Å². The van der Waals surface area contributed by atoms with Gasteiger partial charge in [-0.3, -0.25) is 0 Å². The fraction of sp³-hybridized carbons (Fsp3) is 0.200. The van der Waals surface area contributed by atoms with Gasteiger partial charge in [0, 0.05) is 20.1 Å². The van der Waals surface area contributed by atoms with E-state index >= 15 is 0 Å². The summed E-state index contributed by atoms with van der Waals surface area (Å²) in [5.74, 6) is 0.578. The summed E-state index contributed by atoms with van der Waals surface area (Å²) in [7, 11) is 2.69. The van der Waals surface area contributed by atoms with E-state index in [0.717, 1.165) is 7.11 Å². The average molecular weight is 333 g/mol. The van der Waals surface area contributed by atoms with Gasteiger partial charge in [-0.1, -0.05) is 85.0 Å². The first-order valence-electron chi connectivity index (χ1n) is 7.29. The first-order chi connectivity index (χ1) is 11.4.